The summed E-state index contributed by atoms with van der Waals surface area (Å²) >= 11 is 6.01. The molecule has 0 spiro atoms. The molecule has 2 rings (SSSR count). The van der Waals surface area contributed by atoms with Gasteiger partial charge < -0.3 is 15.1 Å². The zero-order chi connectivity index (χ0) is 15.8. The average Bonchev–Trinajstić information content (AvgIpc) is 3.00. The predicted molar refractivity (Wildman–Crippen MR) is 86.6 cm³/mol. The number of guanidine groups is 1. The van der Waals surface area contributed by atoms with Gasteiger partial charge in [0.25, 0.3) is 0 Å². The van der Waals surface area contributed by atoms with E-state index in [-0.39, 0.29) is 5.82 Å². The molecule has 0 saturated carbocycles. The number of benzene rings is 1. The van der Waals surface area contributed by atoms with Crippen LogP contribution < -0.4 is 10.6 Å². The normalized spacial score (nSPS) is 11.5. The van der Waals surface area contributed by atoms with Gasteiger partial charge in [-0.05, 0) is 43.2 Å². The van der Waals surface area contributed by atoms with Gasteiger partial charge in [0.2, 0.25) is 0 Å². The van der Waals surface area contributed by atoms with Crippen molar-refractivity contribution in [1.82, 2.24) is 10.6 Å². The fraction of sp³-hybridized carbons (Fsp3) is 0.312. The zero-order valence-electron chi connectivity index (χ0n) is 12.4. The molecule has 0 bridgehead atoms. The van der Waals surface area contributed by atoms with Crippen LogP contribution in [-0.4, -0.2) is 19.0 Å². The van der Waals surface area contributed by atoms with E-state index in [1.165, 1.54) is 12.1 Å². The minimum Gasteiger partial charge on any atom is -0.467 e. The third-order valence-corrected chi connectivity index (χ3v) is 3.37. The Morgan fingerprint density at radius 1 is 1.32 bits per heavy atom. The van der Waals surface area contributed by atoms with Crippen molar-refractivity contribution >= 4 is 17.6 Å². The van der Waals surface area contributed by atoms with Gasteiger partial charge in [0.05, 0.1) is 6.26 Å². The molecule has 1 aromatic carbocycles. The van der Waals surface area contributed by atoms with E-state index in [0.29, 0.717) is 30.5 Å². The summed E-state index contributed by atoms with van der Waals surface area (Å²) in [6.45, 7) is 3.89. The number of aliphatic imine (C=N–C) groups is 1. The summed E-state index contributed by atoms with van der Waals surface area (Å²) in [6.07, 6.45) is 2.31. The number of nitrogens with one attached hydrogen (secondary N) is 2. The summed E-state index contributed by atoms with van der Waals surface area (Å²) in [5.41, 5.74) is 0.900. The molecule has 0 atom stereocenters. The summed E-state index contributed by atoms with van der Waals surface area (Å²) in [5, 5.41) is 6.82. The molecule has 1 aromatic heterocycles. The molecule has 0 saturated heterocycles. The molecule has 22 heavy (non-hydrogen) atoms. The van der Waals surface area contributed by atoms with Crippen molar-refractivity contribution in [2.75, 3.05) is 13.1 Å². The van der Waals surface area contributed by atoms with Gasteiger partial charge in [-0.15, -0.1) is 0 Å². The third kappa shape index (κ3) is 5.07. The van der Waals surface area contributed by atoms with Crippen molar-refractivity contribution in [1.29, 1.82) is 0 Å². The first kappa shape index (κ1) is 16.4. The zero-order valence-corrected chi connectivity index (χ0v) is 13.2. The highest BCUT2D eigenvalue weighted by atomic mass is 35.5. The largest absolute Gasteiger partial charge is 0.467 e. The quantitative estimate of drug-likeness (QED) is 0.633. The van der Waals surface area contributed by atoms with Crippen molar-refractivity contribution in [3.05, 3.63) is 58.8 Å². The number of hydrogen-bond donors (Lipinski definition) is 2. The van der Waals surface area contributed by atoms with Gasteiger partial charge in [-0.25, -0.2) is 9.38 Å². The topological polar surface area (TPSA) is 49.6 Å². The van der Waals surface area contributed by atoms with Crippen LogP contribution in [0, 0.1) is 5.82 Å². The summed E-state index contributed by atoms with van der Waals surface area (Å²) < 4.78 is 18.2. The van der Waals surface area contributed by atoms with Crippen molar-refractivity contribution < 1.29 is 8.81 Å². The van der Waals surface area contributed by atoms with Crippen LogP contribution >= 0.6 is 11.6 Å². The lowest BCUT2D eigenvalue weighted by molar-refractivity contribution is 0.512. The minimum absolute atomic E-state index is 0.324. The average molecular weight is 324 g/mol. The molecule has 0 radical (unpaired) electrons. The Balaban J connectivity index is 1.87. The van der Waals surface area contributed by atoms with Crippen LogP contribution in [0.5, 0.6) is 0 Å². The maximum absolute atomic E-state index is 13.0. The van der Waals surface area contributed by atoms with Crippen molar-refractivity contribution in [2.45, 2.75) is 19.9 Å². The highest BCUT2D eigenvalue weighted by Gasteiger charge is 2.03. The molecule has 1 heterocycles. The maximum Gasteiger partial charge on any atom is 0.191 e. The third-order valence-electron chi connectivity index (χ3n) is 3.02. The second-order valence-corrected chi connectivity index (χ2v) is 5.09. The second-order valence-electron chi connectivity index (χ2n) is 4.69. The Labute approximate surface area is 134 Å². The fourth-order valence-corrected chi connectivity index (χ4v) is 2.20. The smallest absolute Gasteiger partial charge is 0.191 e. The number of rotatable bonds is 6. The van der Waals surface area contributed by atoms with Gasteiger partial charge in [0.1, 0.15) is 18.1 Å². The van der Waals surface area contributed by atoms with E-state index >= 15 is 0 Å². The number of nitrogens with zero attached hydrogens (tertiary/aromatic N) is 1. The molecule has 0 aliphatic carbocycles. The van der Waals surface area contributed by atoms with Crippen molar-refractivity contribution in [2.24, 2.45) is 4.99 Å². The molecule has 0 aliphatic rings. The van der Waals surface area contributed by atoms with E-state index < -0.39 is 0 Å². The van der Waals surface area contributed by atoms with Gasteiger partial charge in [0.15, 0.2) is 5.96 Å². The summed E-state index contributed by atoms with van der Waals surface area (Å²) in [5.74, 6) is 1.19. The molecule has 6 heteroatoms. The number of furan rings is 1. The van der Waals surface area contributed by atoms with Crippen LogP contribution in [-0.2, 0) is 13.0 Å². The molecule has 0 unspecified atom stereocenters. The molecule has 0 amide bonds. The first-order valence-corrected chi connectivity index (χ1v) is 7.55. The maximum atomic E-state index is 13.0. The lowest BCUT2D eigenvalue weighted by Crippen LogP contribution is -2.38. The number of hydrogen-bond acceptors (Lipinski definition) is 2. The highest BCUT2D eigenvalue weighted by molar-refractivity contribution is 6.31. The van der Waals surface area contributed by atoms with Crippen LogP contribution in [0.25, 0.3) is 0 Å². The lowest BCUT2D eigenvalue weighted by atomic mass is 10.1. The van der Waals surface area contributed by atoms with E-state index in [1.807, 2.05) is 19.1 Å². The lowest BCUT2D eigenvalue weighted by Gasteiger charge is -2.11. The molecule has 4 nitrogen and oxygen atoms in total. The predicted octanol–water partition coefficient (Wildman–Crippen LogP) is 3.37. The van der Waals surface area contributed by atoms with Crippen LogP contribution in [0.1, 0.15) is 18.2 Å². The molecule has 2 N–H and O–H groups in total. The van der Waals surface area contributed by atoms with E-state index in [4.69, 9.17) is 16.0 Å². The standard InChI is InChI=1S/C16H19ClFN3O/c1-2-19-16(21-11-14-4-3-9-22-14)20-8-7-12-5-6-13(18)10-15(12)17/h3-6,9-10H,2,7-8,11H2,1H3,(H2,19,20,21). The molecular weight excluding hydrogens is 305 g/mol. The van der Waals surface area contributed by atoms with E-state index in [0.717, 1.165) is 17.9 Å². The minimum atomic E-state index is -0.324. The van der Waals surface area contributed by atoms with E-state index in [1.54, 1.807) is 12.3 Å². The van der Waals surface area contributed by atoms with Crippen LogP contribution in [0.3, 0.4) is 0 Å². The van der Waals surface area contributed by atoms with Gasteiger partial charge in [-0.3, -0.25) is 0 Å². The van der Waals surface area contributed by atoms with Crippen LogP contribution in [0.15, 0.2) is 46.0 Å². The molecular formula is C16H19ClFN3O. The number of halogens is 2. The Morgan fingerprint density at radius 2 is 2.18 bits per heavy atom. The van der Waals surface area contributed by atoms with Gasteiger partial charge in [-0.1, -0.05) is 17.7 Å². The monoisotopic (exact) mass is 323 g/mol. The van der Waals surface area contributed by atoms with Crippen LogP contribution in [0.4, 0.5) is 4.39 Å². The molecule has 0 aliphatic heterocycles. The Bertz CT molecular complexity index is 614. The van der Waals surface area contributed by atoms with Gasteiger partial charge in [0, 0.05) is 18.1 Å². The molecule has 0 fully saturated rings. The van der Waals surface area contributed by atoms with Crippen molar-refractivity contribution in [3.8, 4) is 0 Å². The van der Waals surface area contributed by atoms with Gasteiger partial charge >= 0.3 is 0 Å². The van der Waals surface area contributed by atoms with Crippen molar-refractivity contribution in [3.63, 3.8) is 0 Å². The molecule has 118 valence electrons. The fourth-order valence-electron chi connectivity index (χ4n) is 1.94. The van der Waals surface area contributed by atoms with E-state index in [9.17, 15) is 4.39 Å². The Hall–Kier alpha value is -2.01. The first-order chi connectivity index (χ1) is 10.7. The second kappa shape index (κ2) is 8.44. The SMILES string of the molecule is CCNC(=NCc1ccco1)NCCc1ccc(F)cc1Cl. The Morgan fingerprint density at radius 3 is 2.86 bits per heavy atom. The summed E-state index contributed by atoms with van der Waals surface area (Å²) in [7, 11) is 0. The Kier molecular flexibility index (Phi) is 6.27. The van der Waals surface area contributed by atoms with Gasteiger partial charge in [-0.2, -0.15) is 0 Å². The first-order valence-electron chi connectivity index (χ1n) is 7.17. The summed E-state index contributed by atoms with van der Waals surface area (Å²) in [6, 6.07) is 8.16. The highest BCUT2D eigenvalue weighted by Crippen LogP contribution is 2.17. The molecule has 2 aromatic rings. The van der Waals surface area contributed by atoms with E-state index in [2.05, 4.69) is 15.6 Å². The summed E-state index contributed by atoms with van der Waals surface area (Å²) in [4.78, 5) is 4.43. The van der Waals surface area contributed by atoms with Crippen LogP contribution in [0.2, 0.25) is 5.02 Å².